The van der Waals surface area contributed by atoms with Crippen molar-refractivity contribution < 1.29 is 9.53 Å². The fourth-order valence-corrected chi connectivity index (χ4v) is 3.86. The maximum absolute atomic E-state index is 12.3. The summed E-state index contributed by atoms with van der Waals surface area (Å²) in [6, 6.07) is 8.25. The van der Waals surface area contributed by atoms with Crippen molar-refractivity contribution in [1.82, 2.24) is 10.6 Å². The molecule has 4 nitrogen and oxygen atoms in total. The van der Waals surface area contributed by atoms with Crippen LogP contribution >= 0.6 is 11.6 Å². The maximum Gasteiger partial charge on any atom is 0.221 e. The Morgan fingerprint density at radius 1 is 1.30 bits per heavy atom. The Balaban J connectivity index is 1.59. The van der Waals surface area contributed by atoms with Crippen molar-refractivity contribution in [3.05, 3.63) is 34.9 Å². The van der Waals surface area contributed by atoms with Gasteiger partial charge in [0.15, 0.2) is 0 Å². The zero-order valence-electron chi connectivity index (χ0n) is 13.4. The Labute approximate surface area is 142 Å². The van der Waals surface area contributed by atoms with E-state index in [4.69, 9.17) is 16.3 Å². The topological polar surface area (TPSA) is 50.4 Å². The third kappa shape index (κ3) is 4.25. The van der Waals surface area contributed by atoms with Crippen LogP contribution in [0.5, 0.6) is 0 Å². The third-order valence-corrected chi connectivity index (χ3v) is 5.32. The van der Waals surface area contributed by atoms with Gasteiger partial charge in [0, 0.05) is 36.0 Å². The zero-order valence-corrected chi connectivity index (χ0v) is 14.2. The van der Waals surface area contributed by atoms with Crippen LogP contribution in [0.1, 0.15) is 37.7 Å². The van der Waals surface area contributed by atoms with E-state index in [0.717, 1.165) is 31.0 Å². The molecular formula is C18H25ClN2O2. The monoisotopic (exact) mass is 336 g/mol. The second kappa shape index (κ2) is 7.65. The van der Waals surface area contributed by atoms with E-state index in [1.807, 2.05) is 12.1 Å². The van der Waals surface area contributed by atoms with E-state index in [2.05, 4.69) is 22.8 Å². The predicted octanol–water partition coefficient (Wildman–Crippen LogP) is 2.65. The number of halogens is 1. The summed E-state index contributed by atoms with van der Waals surface area (Å²) in [4.78, 5) is 12.3. The molecule has 0 spiro atoms. The highest BCUT2D eigenvalue weighted by atomic mass is 35.5. The number of morpholine rings is 1. The van der Waals surface area contributed by atoms with Crippen LogP contribution in [-0.2, 0) is 14.9 Å². The van der Waals surface area contributed by atoms with Gasteiger partial charge in [0.1, 0.15) is 0 Å². The van der Waals surface area contributed by atoms with Gasteiger partial charge >= 0.3 is 0 Å². The molecule has 2 aliphatic rings. The highest BCUT2D eigenvalue weighted by molar-refractivity contribution is 6.30. The standard InChI is InChI=1S/C18H25ClN2O2/c19-15-5-3-14(4-6-15)18(7-1-2-8-18)13-21-17(22)11-16-12-23-10-9-20-16/h3-6,16,20H,1-2,7-13H2,(H,21,22). The van der Waals surface area contributed by atoms with Crippen molar-refractivity contribution in [2.45, 2.75) is 43.6 Å². The summed E-state index contributed by atoms with van der Waals surface area (Å²) in [6.45, 7) is 2.89. The first-order valence-corrected chi connectivity index (χ1v) is 8.90. The van der Waals surface area contributed by atoms with E-state index in [1.165, 1.54) is 18.4 Å². The fraction of sp³-hybridized carbons (Fsp3) is 0.611. The molecule has 1 amide bonds. The van der Waals surface area contributed by atoms with Crippen molar-refractivity contribution in [3.63, 3.8) is 0 Å². The number of benzene rings is 1. The Morgan fingerprint density at radius 2 is 2.04 bits per heavy atom. The molecular weight excluding hydrogens is 312 g/mol. The highest BCUT2D eigenvalue weighted by Crippen LogP contribution is 2.40. The third-order valence-electron chi connectivity index (χ3n) is 5.07. The Morgan fingerprint density at radius 3 is 2.70 bits per heavy atom. The van der Waals surface area contributed by atoms with E-state index in [-0.39, 0.29) is 17.4 Å². The molecule has 0 bridgehead atoms. The molecule has 1 aromatic carbocycles. The summed E-state index contributed by atoms with van der Waals surface area (Å²) < 4.78 is 5.41. The predicted molar refractivity (Wildman–Crippen MR) is 91.8 cm³/mol. The van der Waals surface area contributed by atoms with Crippen LogP contribution in [0.25, 0.3) is 0 Å². The van der Waals surface area contributed by atoms with Crippen molar-refractivity contribution in [2.75, 3.05) is 26.3 Å². The minimum atomic E-state index is 0.0662. The minimum Gasteiger partial charge on any atom is -0.378 e. The van der Waals surface area contributed by atoms with Crippen LogP contribution in [0.4, 0.5) is 0 Å². The van der Waals surface area contributed by atoms with Gasteiger partial charge in [-0.05, 0) is 30.5 Å². The van der Waals surface area contributed by atoms with Crippen molar-refractivity contribution in [1.29, 1.82) is 0 Å². The molecule has 23 heavy (non-hydrogen) atoms. The van der Waals surface area contributed by atoms with Gasteiger partial charge in [0.05, 0.1) is 13.2 Å². The number of hydrogen-bond donors (Lipinski definition) is 2. The van der Waals surface area contributed by atoms with E-state index in [0.29, 0.717) is 19.6 Å². The first-order chi connectivity index (χ1) is 11.2. The fourth-order valence-electron chi connectivity index (χ4n) is 3.74. The van der Waals surface area contributed by atoms with Gasteiger partial charge in [-0.2, -0.15) is 0 Å². The Kier molecular flexibility index (Phi) is 5.57. The summed E-state index contributed by atoms with van der Waals surface area (Å²) in [7, 11) is 0. The molecule has 126 valence electrons. The number of carbonyl (C=O) groups is 1. The molecule has 1 aliphatic heterocycles. The number of rotatable bonds is 5. The molecule has 1 heterocycles. The van der Waals surface area contributed by atoms with Gasteiger partial charge in [-0.1, -0.05) is 36.6 Å². The molecule has 0 aromatic heterocycles. The van der Waals surface area contributed by atoms with Crippen LogP contribution < -0.4 is 10.6 Å². The molecule has 2 N–H and O–H groups in total. The maximum atomic E-state index is 12.3. The summed E-state index contributed by atoms with van der Waals surface area (Å²) in [6.07, 6.45) is 5.17. The summed E-state index contributed by atoms with van der Waals surface area (Å²) in [5.41, 5.74) is 1.36. The molecule has 1 atom stereocenters. The first-order valence-electron chi connectivity index (χ1n) is 8.52. The number of carbonyl (C=O) groups excluding carboxylic acids is 1. The molecule has 1 saturated carbocycles. The lowest BCUT2D eigenvalue weighted by molar-refractivity contribution is -0.122. The van der Waals surface area contributed by atoms with Crippen molar-refractivity contribution in [2.24, 2.45) is 0 Å². The lowest BCUT2D eigenvalue weighted by Crippen LogP contribution is -2.46. The second-order valence-corrected chi connectivity index (χ2v) is 7.14. The molecule has 2 fully saturated rings. The molecule has 1 unspecified atom stereocenters. The number of amides is 1. The largest absolute Gasteiger partial charge is 0.378 e. The second-order valence-electron chi connectivity index (χ2n) is 6.70. The highest BCUT2D eigenvalue weighted by Gasteiger charge is 2.36. The van der Waals surface area contributed by atoms with E-state index in [1.54, 1.807) is 0 Å². The Hall–Kier alpha value is -1.10. The lowest BCUT2D eigenvalue weighted by Gasteiger charge is -2.31. The SMILES string of the molecule is O=C(CC1COCCN1)NCC1(c2ccc(Cl)cc2)CCCC1. The quantitative estimate of drug-likeness (QED) is 0.869. The van der Waals surface area contributed by atoms with E-state index >= 15 is 0 Å². The van der Waals surface area contributed by atoms with Crippen LogP contribution in [0.3, 0.4) is 0 Å². The number of hydrogen-bond acceptors (Lipinski definition) is 3. The Bertz CT molecular complexity index is 520. The van der Waals surface area contributed by atoms with Crippen molar-refractivity contribution >= 4 is 17.5 Å². The summed E-state index contributed by atoms with van der Waals surface area (Å²) >= 11 is 6.01. The summed E-state index contributed by atoms with van der Waals surface area (Å²) in [5.74, 6) is 0.105. The number of nitrogens with one attached hydrogen (secondary N) is 2. The van der Waals surface area contributed by atoms with Gasteiger partial charge in [0.25, 0.3) is 0 Å². The molecule has 1 aliphatic carbocycles. The summed E-state index contributed by atoms with van der Waals surface area (Å²) in [5, 5.41) is 7.24. The molecule has 0 radical (unpaired) electrons. The van der Waals surface area contributed by atoms with Crippen LogP contribution in [-0.4, -0.2) is 38.3 Å². The van der Waals surface area contributed by atoms with Gasteiger partial charge in [-0.3, -0.25) is 4.79 Å². The molecule has 1 aromatic rings. The van der Waals surface area contributed by atoms with E-state index < -0.39 is 0 Å². The van der Waals surface area contributed by atoms with Gasteiger partial charge < -0.3 is 15.4 Å². The van der Waals surface area contributed by atoms with Gasteiger partial charge in [0.2, 0.25) is 5.91 Å². The van der Waals surface area contributed by atoms with Crippen LogP contribution in [0.2, 0.25) is 5.02 Å². The van der Waals surface area contributed by atoms with Gasteiger partial charge in [-0.25, -0.2) is 0 Å². The molecule has 5 heteroatoms. The van der Waals surface area contributed by atoms with Gasteiger partial charge in [-0.15, -0.1) is 0 Å². The van der Waals surface area contributed by atoms with Crippen molar-refractivity contribution in [3.8, 4) is 0 Å². The molecule has 1 saturated heterocycles. The van der Waals surface area contributed by atoms with E-state index in [9.17, 15) is 4.79 Å². The van der Waals surface area contributed by atoms with Crippen LogP contribution in [0.15, 0.2) is 24.3 Å². The first kappa shape index (κ1) is 16.7. The normalized spacial score (nSPS) is 23.6. The van der Waals surface area contributed by atoms with Crippen LogP contribution in [0, 0.1) is 0 Å². The average Bonchev–Trinajstić information content (AvgIpc) is 3.05. The minimum absolute atomic E-state index is 0.0662. The zero-order chi connectivity index (χ0) is 16.1. The average molecular weight is 337 g/mol. The smallest absolute Gasteiger partial charge is 0.221 e. The molecule has 3 rings (SSSR count). The number of ether oxygens (including phenoxy) is 1. The lowest BCUT2D eigenvalue weighted by atomic mass is 9.79.